The van der Waals surface area contributed by atoms with Gasteiger partial charge >= 0.3 is 0 Å². The minimum Gasteiger partial charge on any atom is -0.384 e. The number of amides is 1. The topological polar surface area (TPSA) is 49.3 Å². The average molecular weight is 243 g/mol. The molecule has 1 saturated carbocycles. The van der Waals surface area contributed by atoms with Crippen LogP contribution in [0.4, 0.5) is 0 Å². The van der Waals surface area contributed by atoms with Gasteiger partial charge in [0.25, 0.3) is 5.91 Å². The molecule has 0 radical (unpaired) electrons. The number of carbonyl (C=O) groups is 1. The highest BCUT2D eigenvalue weighted by Gasteiger charge is 2.21. The fraction of sp³-hybridized carbons (Fsp3) is 0.400. The Kier molecular flexibility index (Phi) is 4.01. The molecule has 1 aliphatic rings. The molecule has 94 valence electrons. The van der Waals surface area contributed by atoms with Gasteiger partial charge in [-0.25, -0.2) is 0 Å². The van der Waals surface area contributed by atoms with Crippen molar-refractivity contribution in [2.75, 3.05) is 13.2 Å². The maximum atomic E-state index is 11.9. The van der Waals surface area contributed by atoms with Crippen molar-refractivity contribution in [3.63, 3.8) is 0 Å². The summed E-state index contributed by atoms with van der Waals surface area (Å²) in [5, 5.41) is 11.6. The first-order valence-corrected chi connectivity index (χ1v) is 6.18. The van der Waals surface area contributed by atoms with Crippen LogP contribution in [-0.2, 0) is 0 Å². The summed E-state index contributed by atoms with van der Waals surface area (Å²) >= 11 is 0. The van der Waals surface area contributed by atoms with Gasteiger partial charge < -0.3 is 10.4 Å². The molecule has 0 atom stereocenters. The summed E-state index contributed by atoms with van der Waals surface area (Å²) in [6.07, 6.45) is 2.45. The van der Waals surface area contributed by atoms with E-state index < -0.39 is 0 Å². The summed E-state index contributed by atoms with van der Waals surface area (Å²) < 4.78 is 0. The molecular weight excluding hydrogens is 226 g/mol. The van der Waals surface area contributed by atoms with Crippen molar-refractivity contribution in [3.8, 4) is 11.8 Å². The van der Waals surface area contributed by atoms with Crippen molar-refractivity contribution in [3.05, 3.63) is 34.9 Å². The van der Waals surface area contributed by atoms with Crippen molar-refractivity contribution in [2.45, 2.75) is 19.8 Å². The predicted octanol–water partition coefficient (Wildman–Crippen LogP) is 1.48. The van der Waals surface area contributed by atoms with Gasteiger partial charge in [-0.2, -0.15) is 0 Å². The molecule has 0 aliphatic heterocycles. The molecule has 0 aromatic heterocycles. The zero-order chi connectivity index (χ0) is 13.0. The van der Waals surface area contributed by atoms with E-state index in [1.54, 1.807) is 6.07 Å². The number of rotatable bonds is 3. The van der Waals surface area contributed by atoms with Gasteiger partial charge in [0.15, 0.2) is 0 Å². The fourth-order valence-electron chi connectivity index (χ4n) is 1.79. The summed E-state index contributed by atoms with van der Waals surface area (Å²) in [5.41, 5.74) is 2.40. The van der Waals surface area contributed by atoms with Gasteiger partial charge in [-0.15, -0.1) is 0 Å². The van der Waals surface area contributed by atoms with Gasteiger partial charge in [-0.3, -0.25) is 4.79 Å². The lowest BCUT2D eigenvalue weighted by atomic mass is 10.1. The average Bonchev–Trinajstić information content (AvgIpc) is 3.16. The highest BCUT2D eigenvalue weighted by atomic mass is 16.2. The third-order valence-electron chi connectivity index (χ3n) is 2.90. The molecule has 0 heterocycles. The summed E-state index contributed by atoms with van der Waals surface area (Å²) in [6.45, 7) is 2.53. The molecule has 1 aromatic rings. The fourth-order valence-corrected chi connectivity index (χ4v) is 1.79. The maximum Gasteiger partial charge on any atom is 0.251 e. The summed E-state index contributed by atoms with van der Waals surface area (Å²) in [4.78, 5) is 11.9. The molecule has 0 bridgehead atoms. The van der Waals surface area contributed by atoms with E-state index in [1.165, 1.54) is 12.8 Å². The molecule has 3 heteroatoms. The lowest BCUT2D eigenvalue weighted by Gasteiger charge is -2.06. The van der Waals surface area contributed by atoms with Crippen molar-refractivity contribution in [1.82, 2.24) is 5.32 Å². The minimum atomic E-state index is -0.169. The molecule has 2 N–H and O–H groups in total. The zero-order valence-electron chi connectivity index (χ0n) is 10.5. The lowest BCUT2D eigenvalue weighted by Crippen LogP contribution is -2.25. The molecule has 0 unspecified atom stereocenters. The predicted molar refractivity (Wildman–Crippen MR) is 70.2 cm³/mol. The smallest absolute Gasteiger partial charge is 0.251 e. The molecule has 1 aliphatic carbocycles. The lowest BCUT2D eigenvalue weighted by molar-refractivity contribution is 0.0951. The van der Waals surface area contributed by atoms with Gasteiger partial charge in [-0.05, 0) is 49.4 Å². The van der Waals surface area contributed by atoms with Gasteiger partial charge in [0, 0.05) is 17.7 Å². The molecule has 3 nitrogen and oxygen atoms in total. The Morgan fingerprint density at radius 2 is 2.22 bits per heavy atom. The number of nitrogens with one attached hydrogen (secondary N) is 1. The standard InChI is InChI=1S/C15H17NO2/c1-11-7-13(3-2-6-17)9-14(8-11)15(18)16-10-12-4-5-12/h7-9,12,17H,4-6,10H2,1H3,(H,16,18). The van der Waals surface area contributed by atoms with E-state index in [0.29, 0.717) is 11.5 Å². The second-order valence-corrected chi connectivity index (χ2v) is 4.70. The van der Waals surface area contributed by atoms with E-state index in [4.69, 9.17) is 5.11 Å². The molecule has 1 fully saturated rings. The first-order chi connectivity index (χ1) is 8.69. The molecule has 18 heavy (non-hydrogen) atoms. The van der Waals surface area contributed by atoms with Gasteiger partial charge in [-0.1, -0.05) is 11.8 Å². The van der Waals surface area contributed by atoms with Crippen molar-refractivity contribution in [1.29, 1.82) is 0 Å². The Labute approximate surface area is 107 Å². The van der Waals surface area contributed by atoms with Crippen molar-refractivity contribution < 1.29 is 9.90 Å². The normalized spacial score (nSPS) is 13.7. The van der Waals surface area contributed by atoms with E-state index in [0.717, 1.165) is 17.7 Å². The largest absolute Gasteiger partial charge is 0.384 e. The van der Waals surface area contributed by atoms with E-state index >= 15 is 0 Å². The molecule has 1 aromatic carbocycles. The van der Waals surface area contributed by atoms with E-state index in [-0.39, 0.29) is 12.5 Å². The van der Waals surface area contributed by atoms with Crippen LogP contribution >= 0.6 is 0 Å². The second kappa shape index (κ2) is 5.70. The van der Waals surface area contributed by atoms with Crippen LogP contribution in [0, 0.1) is 24.7 Å². The van der Waals surface area contributed by atoms with Crippen LogP contribution in [0.25, 0.3) is 0 Å². The third kappa shape index (κ3) is 3.61. The van der Waals surface area contributed by atoms with E-state index in [2.05, 4.69) is 17.2 Å². The maximum absolute atomic E-state index is 11.9. The highest BCUT2D eigenvalue weighted by Crippen LogP contribution is 2.27. The number of aryl methyl sites for hydroxylation is 1. The number of aliphatic hydroxyl groups excluding tert-OH is 1. The Bertz CT molecular complexity index is 507. The van der Waals surface area contributed by atoms with Gasteiger partial charge in [0.05, 0.1) is 0 Å². The number of aliphatic hydroxyl groups is 1. The quantitative estimate of drug-likeness (QED) is 0.790. The van der Waals surface area contributed by atoms with Crippen LogP contribution in [0.5, 0.6) is 0 Å². The Morgan fingerprint density at radius 1 is 1.44 bits per heavy atom. The Balaban J connectivity index is 2.10. The van der Waals surface area contributed by atoms with E-state index in [9.17, 15) is 4.79 Å². The molecule has 2 rings (SSSR count). The summed E-state index contributed by atoms with van der Waals surface area (Å²) in [7, 11) is 0. The van der Waals surface area contributed by atoms with Crippen LogP contribution in [0.15, 0.2) is 18.2 Å². The zero-order valence-corrected chi connectivity index (χ0v) is 10.5. The first-order valence-electron chi connectivity index (χ1n) is 6.18. The third-order valence-corrected chi connectivity index (χ3v) is 2.90. The molecule has 0 spiro atoms. The minimum absolute atomic E-state index is 0.0438. The monoisotopic (exact) mass is 243 g/mol. The first kappa shape index (κ1) is 12.7. The summed E-state index contributed by atoms with van der Waals surface area (Å²) in [5.74, 6) is 6.05. The van der Waals surface area contributed by atoms with Gasteiger partial charge in [0.1, 0.15) is 6.61 Å². The van der Waals surface area contributed by atoms with Crippen molar-refractivity contribution in [2.24, 2.45) is 5.92 Å². The van der Waals surface area contributed by atoms with Crippen LogP contribution < -0.4 is 5.32 Å². The number of hydrogen-bond acceptors (Lipinski definition) is 2. The van der Waals surface area contributed by atoms with Crippen molar-refractivity contribution >= 4 is 5.91 Å². The van der Waals surface area contributed by atoms with Crippen LogP contribution in [-0.4, -0.2) is 24.2 Å². The Morgan fingerprint density at radius 3 is 2.89 bits per heavy atom. The second-order valence-electron chi connectivity index (χ2n) is 4.70. The number of benzene rings is 1. The molecule has 1 amide bonds. The SMILES string of the molecule is Cc1cc(C#CCO)cc(C(=O)NCC2CC2)c1. The highest BCUT2D eigenvalue weighted by molar-refractivity contribution is 5.94. The van der Waals surface area contributed by atoms with Crippen LogP contribution in [0.1, 0.15) is 34.3 Å². The van der Waals surface area contributed by atoms with Gasteiger partial charge in [0.2, 0.25) is 0 Å². The molecular formula is C15H17NO2. The van der Waals surface area contributed by atoms with Crippen LogP contribution in [0.2, 0.25) is 0 Å². The summed E-state index contributed by atoms with van der Waals surface area (Å²) in [6, 6.07) is 5.52. The van der Waals surface area contributed by atoms with Crippen LogP contribution in [0.3, 0.4) is 0 Å². The van der Waals surface area contributed by atoms with E-state index in [1.807, 2.05) is 19.1 Å². The number of hydrogen-bond donors (Lipinski definition) is 2. The number of carbonyl (C=O) groups excluding carboxylic acids is 1. The molecule has 0 saturated heterocycles. The Hall–Kier alpha value is -1.79.